The minimum absolute atomic E-state index is 0.0115. The summed E-state index contributed by atoms with van der Waals surface area (Å²) in [4.78, 5) is 10.9. The highest BCUT2D eigenvalue weighted by Crippen LogP contribution is 2.32. The van der Waals surface area contributed by atoms with Crippen LogP contribution in [0.15, 0.2) is 18.2 Å². The zero-order valence-electron chi connectivity index (χ0n) is 12.2. The summed E-state index contributed by atoms with van der Waals surface area (Å²) in [6, 6.07) is 3.78. The number of carboxylic acids is 1. The molecule has 0 saturated heterocycles. The summed E-state index contributed by atoms with van der Waals surface area (Å²) < 4.78 is 13.8. The van der Waals surface area contributed by atoms with E-state index < -0.39 is 11.8 Å². The Balaban J connectivity index is 2.11. The number of hydrogen-bond donors (Lipinski definition) is 3. The average molecular weight is 295 g/mol. The Labute approximate surface area is 124 Å². The Hall–Kier alpha value is -1.46. The number of benzene rings is 1. The van der Waals surface area contributed by atoms with Crippen LogP contribution in [0.1, 0.15) is 48.5 Å². The van der Waals surface area contributed by atoms with Crippen molar-refractivity contribution in [3.8, 4) is 0 Å². The van der Waals surface area contributed by atoms with E-state index in [2.05, 4.69) is 12.2 Å². The van der Waals surface area contributed by atoms with Crippen LogP contribution in [0.5, 0.6) is 0 Å². The number of carbonyl (C=O) groups is 1. The molecule has 2 unspecified atom stereocenters. The number of aromatic carboxylic acids is 1. The Morgan fingerprint density at radius 1 is 1.52 bits per heavy atom. The van der Waals surface area contributed by atoms with Crippen LogP contribution in [0.3, 0.4) is 0 Å². The number of nitrogens with one attached hydrogen (secondary N) is 1. The molecular formula is C16H22FNO3. The zero-order chi connectivity index (χ0) is 15.5. The van der Waals surface area contributed by atoms with Gasteiger partial charge in [0.1, 0.15) is 5.82 Å². The molecule has 1 aliphatic rings. The molecule has 2 rings (SSSR count). The molecule has 0 radical (unpaired) electrons. The minimum atomic E-state index is -1.07. The molecule has 0 bridgehead atoms. The Morgan fingerprint density at radius 3 is 2.90 bits per heavy atom. The number of aliphatic hydroxyl groups excluding tert-OH is 1. The fourth-order valence-electron chi connectivity index (χ4n) is 3.15. The van der Waals surface area contributed by atoms with Crippen LogP contribution in [0.4, 0.5) is 4.39 Å². The van der Waals surface area contributed by atoms with Crippen LogP contribution in [0.2, 0.25) is 0 Å². The van der Waals surface area contributed by atoms with Gasteiger partial charge in [0.15, 0.2) is 0 Å². The predicted octanol–water partition coefficient (Wildman–Crippen LogP) is 2.55. The second kappa shape index (κ2) is 6.54. The first kappa shape index (κ1) is 15.9. The van der Waals surface area contributed by atoms with E-state index in [1.165, 1.54) is 18.2 Å². The fourth-order valence-corrected chi connectivity index (χ4v) is 3.15. The van der Waals surface area contributed by atoms with Gasteiger partial charge in [-0.2, -0.15) is 0 Å². The topological polar surface area (TPSA) is 69.6 Å². The van der Waals surface area contributed by atoms with E-state index in [0.29, 0.717) is 11.5 Å². The zero-order valence-corrected chi connectivity index (χ0v) is 12.2. The number of hydrogen-bond acceptors (Lipinski definition) is 3. The van der Waals surface area contributed by atoms with E-state index in [9.17, 15) is 14.3 Å². The van der Waals surface area contributed by atoms with E-state index in [1.54, 1.807) is 0 Å². The summed E-state index contributed by atoms with van der Waals surface area (Å²) >= 11 is 0. The molecule has 0 aliphatic heterocycles. The van der Waals surface area contributed by atoms with Crippen molar-refractivity contribution in [2.45, 2.75) is 44.7 Å². The molecule has 5 heteroatoms. The lowest BCUT2D eigenvalue weighted by molar-refractivity contribution is 0.0696. The van der Waals surface area contributed by atoms with Gasteiger partial charge in [0.05, 0.1) is 12.2 Å². The molecule has 1 aromatic carbocycles. The van der Waals surface area contributed by atoms with Gasteiger partial charge in [-0.25, -0.2) is 9.18 Å². The van der Waals surface area contributed by atoms with Gasteiger partial charge in [-0.3, -0.25) is 0 Å². The normalized spacial score (nSPS) is 25.8. The SMILES string of the molecule is CC1CCCC(CO)(NCc2cc(C(=O)O)ccc2F)C1. The van der Waals surface area contributed by atoms with Crippen LogP contribution in [-0.4, -0.2) is 28.3 Å². The maximum Gasteiger partial charge on any atom is 0.335 e. The highest BCUT2D eigenvalue weighted by atomic mass is 19.1. The van der Waals surface area contributed by atoms with Crippen molar-refractivity contribution in [1.82, 2.24) is 5.32 Å². The predicted molar refractivity (Wildman–Crippen MR) is 77.6 cm³/mol. The van der Waals surface area contributed by atoms with Crippen LogP contribution in [0, 0.1) is 11.7 Å². The quantitative estimate of drug-likeness (QED) is 0.781. The highest BCUT2D eigenvalue weighted by Gasteiger charge is 2.33. The monoisotopic (exact) mass is 295 g/mol. The van der Waals surface area contributed by atoms with Gasteiger partial charge >= 0.3 is 5.97 Å². The van der Waals surface area contributed by atoms with Crippen LogP contribution >= 0.6 is 0 Å². The Bertz CT molecular complexity index is 520. The van der Waals surface area contributed by atoms with Crippen LogP contribution < -0.4 is 5.32 Å². The molecule has 0 aromatic heterocycles. The molecule has 1 aliphatic carbocycles. The van der Waals surface area contributed by atoms with Gasteiger partial charge < -0.3 is 15.5 Å². The maximum absolute atomic E-state index is 13.8. The van der Waals surface area contributed by atoms with Crippen molar-refractivity contribution in [2.24, 2.45) is 5.92 Å². The third kappa shape index (κ3) is 3.80. The highest BCUT2D eigenvalue weighted by molar-refractivity contribution is 5.87. The molecule has 1 fully saturated rings. The first-order valence-electron chi connectivity index (χ1n) is 7.33. The molecule has 21 heavy (non-hydrogen) atoms. The largest absolute Gasteiger partial charge is 0.478 e. The molecule has 4 nitrogen and oxygen atoms in total. The van der Waals surface area contributed by atoms with E-state index in [-0.39, 0.29) is 24.3 Å². The summed E-state index contributed by atoms with van der Waals surface area (Å²) in [6.07, 6.45) is 3.89. The number of aliphatic hydroxyl groups is 1. The molecular weight excluding hydrogens is 273 g/mol. The van der Waals surface area contributed by atoms with Gasteiger partial charge in [0, 0.05) is 17.6 Å². The van der Waals surface area contributed by atoms with Gasteiger partial charge in [-0.05, 0) is 37.0 Å². The number of rotatable bonds is 5. The molecule has 3 N–H and O–H groups in total. The van der Waals surface area contributed by atoms with E-state index in [1.807, 2.05) is 0 Å². The lowest BCUT2D eigenvalue weighted by atomic mass is 9.76. The summed E-state index contributed by atoms with van der Waals surface area (Å²) in [6.45, 7) is 2.38. The first-order valence-corrected chi connectivity index (χ1v) is 7.33. The van der Waals surface area contributed by atoms with Gasteiger partial charge in [-0.15, -0.1) is 0 Å². The van der Waals surface area contributed by atoms with Crippen molar-refractivity contribution >= 4 is 5.97 Å². The molecule has 1 aromatic rings. The standard InChI is InChI=1S/C16H22FNO3/c1-11-3-2-6-16(8-11,10-19)18-9-13-7-12(15(20)21)4-5-14(13)17/h4-5,7,11,18-19H,2-3,6,8-10H2,1H3,(H,20,21). The third-order valence-electron chi connectivity index (χ3n) is 4.34. The molecule has 2 atom stereocenters. The number of carboxylic acid groups (broad SMARTS) is 1. The average Bonchev–Trinajstić information content (AvgIpc) is 2.46. The van der Waals surface area contributed by atoms with Crippen LogP contribution in [-0.2, 0) is 6.54 Å². The first-order chi connectivity index (χ1) is 9.96. The van der Waals surface area contributed by atoms with Gasteiger partial charge in [0.25, 0.3) is 0 Å². The Kier molecular flexibility index (Phi) is 4.96. The lowest BCUT2D eigenvalue weighted by Gasteiger charge is -2.39. The summed E-state index contributed by atoms with van der Waals surface area (Å²) in [7, 11) is 0. The van der Waals surface area contributed by atoms with Crippen molar-refractivity contribution < 1.29 is 19.4 Å². The maximum atomic E-state index is 13.8. The van der Waals surface area contributed by atoms with Crippen molar-refractivity contribution in [1.29, 1.82) is 0 Å². The van der Waals surface area contributed by atoms with E-state index in [4.69, 9.17) is 5.11 Å². The van der Waals surface area contributed by atoms with Crippen molar-refractivity contribution in [3.63, 3.8) is 0 Å². The molecule has 116 valence electrons. The number of halogens is 1. The molecule has 0 spiro atoms. The summed E-state index contributed by atoms with van der Waals surface area (Å²) in [5.41, 5.74) is 0.00721. The Morgan fingerprint density at radius 2 is 2.29 bits per heavy atom. The van der Waals surface area contributed by atoms with Gasteiger partial charge in [0.2, 0.25) is 0 Å². The molecule has 0 heterocycles. The smallest absolute Gasteiger partial charge is 0.335 e. The molecule has 0 amide bonds. The van der Waals surface area contributed by atoms with Crippen molar-refractivity contribution in [2.75, 3.05) is 6.61 Å². The molecule has 1 saturated carbocycles. The summed E-state index contributed by atoms with van der Waals surface area (Å²) in [5.74, 6) is -0.975. The fraction of sp³-hybridized carbons (Fsp3) is 0.562. The lowest BCUT2D eigenvalue weighted by Crippen LogP contribution is -2.51. The van der Waals surface area contributed by atoms with E-state index in [0.717, 1.165) is 25.7 Å². The minimum Gasteiger partial charge on any atom is -0.478 e. The second-order valence-corrected chi connectivity index (χ2v) is 6.10. The van der Waals surface area contributed by atoms with E-state index >= 15 is 0 Å². The summed E-state index contributed by atoms with van der Waals surface area (Å²) in [5, 5.41) is 21.9. The van der Waals surface area contributed by atoms with Gasteiger partial charge in [-0.1, -0.05) is 19.8 Å². The van der Waals surface area contributed by atoms with Crippen molar-refractivity contribution in [3.05, 3.63) is 35.1 Å². The van der Waals surface area contributed by atoms with Crippen LogP contribution in [0.25, 0.3) is 0 Å². The second-order valence-electron chi connectivity index (χ2n) is 6.10. The third-order valence-corrected chi connectivity index (χ3v) is 4.34.